The molecular weight excluding hydrogens is 179 g/mol. The van der Waals surface area contributed by atoms with Crippen LogP contribution in [0, 0.1) is 5.92 Å². The molecule has 0 aliphatic heterocycles. The van der Waals surface area contributed by atoms with Crippen molar-refractivity contribution >= 4 is 0 Å². The van der Waals surface area contributed by atoms with Crippen molar-refractivity contribution in [3.8, 4) is 0 Å². The zero-order valence-electron chi connectivity index (χ0n) is 7.82. The van der Waals surface area contributed by atoms with Crippen LogP contribution in [0.15, 0.2) is 0 Å². The molecule has 78 valence electrons. The molecule has 0 aromatic rings. The summed E-state index contributed by atoms with van der Waals surface area (Å²) in [4.78, 5) is 0. The van der Waals surface area contributed by atoms with Crippen LogP contribution in [0.2, 0.25) is 0 Å². The van der Waals surface area contributed by atoms with E-state index in [1.807, 2.05) is 0 Å². The van der Waals surface area contributed by atoms with E-state index in [0.717, 1.165) is 19.3 Å². The van der Waals surface area contributed by atoms with Gasteiger partial charge in [0.05, 0.1) is 6.42 Å². The van der Waals surface area contributed by atoms with Crippen molar-refractivity contribution in [3.63, 3.8) is 0 Å². The van der Waals surface area contributed by atoms with Gasteiger partial charge in [0, 0.05) is 12.6 Å². The molecule has 0 aromatic heterocycles. The third-order valence-electron chi connectivity index (χ3n) is 2.68. The highest BCUT2D eigenvalue weighted by Gasteiger charge is 2.28. The Kier molecular flexibility index (Phi) is 3.59. The normalized spacial score (nSPS) is 29.5. The maximum atomic E-state index is 11.8. The van der Waals surface area contributed by atoms with Crippen LogP contribution in [0.4, 0.5) is 13.2 Å². The Morgan fingerprint density at radius 3 is 2.46 bits per heavy atom. The number of hydrogen-bond acceptors (Lipinski definition) is 1. The number of nitrogens with one attached hydrogen (secondary N) is 1. The summed E-state index contributed by atoms with van der Waals surface area (Å²) in [6.45, 7) is 2.16. The molecule has 1 nitrogen and oxygen atoms in total. The predicted molar refractivity (Wildman–Crippen MR) is 45.5 cm³/mol. The molecule has 1 N–H and O–H groups in total. The minimum Gasteiger partial charge on any atom is -0.313 e. The molecule has 13 heavy (non-hydrogen) atoms. The van der Waals surface area contributed by atoms with E-state index < -0.39 is 12.6 Å². The SMILES string of the molecule is CC1CCCC1NCCC(F)(F)F. The van der Waals surface area contributed by atoms with Gasteiger partial charge in [-0.1, -0.05) is 13.3 Å². The Morgan fingerprint density at radius 1 is 1.31 bits per heavy atom. The molecule has 0 amide bonds. The summed E-state index contributed by atoms with van der Waals surface area (Å²) in [5.74, 6) is 0.535. The number of halogens is 3. The molecule has 1 fully saturated rings. The standard InChI is InChI=1S/C9H16F3N/c1-7-3-2-4-8(7)13-6-5-9(10,11)12/h7-8,13H,2-6H2,1H3. The predicted octanol–water partition coefficient (Wildman–Crippen LogP) is 2.72. The molecule has 1 aliphatic carbocycles. The van der Waals surface area contributed by atoms with E-state index >= 15 is 0 Å². The molecule has 0 heterocycles. The maximum Gasteiger partial charge on any atom is 0.390 e. The zero-order chi connectivity index (χ0) is 9.90. The Labute approximate surface area is 76.7 Å². The van der Waals surface area contributed by atoms with Gasteiger partial charge < -0.3 is 5.32 Å². The Morgan fingerprint density at radius 2 is 2.00 bits per heavy atom. The van der Waals surface area contributed by atoms with Gasteiger partial charge >= 0.3 is 6.18 Å². The van der Waals surface area contributed by atoms with Crippen LogP contribution >= 0.6 is 0 Å². The van der Waals surface area contributed by atoms with Crippen LogP contribution in [0.1, 0.15) is 32.6 Å². The van der Waals surface area contributed by atoms with Crippen LogP contribution in [-0.4, -0.2) is 18.8 Å². The summed E-state index contributed by atoms with van der Waals surface area (Å²) < 4.78 is 35.4. The Bertz CT molecular complexity index is 155. The molecule has 0 spiro atoms. The Hall–Kier alpha value is -0.250. The van der Waals surface area contributed by atoms with Crippen molar-refractivity contribution in [2.75, 3.05) is 6.54 Å². The van der Waals surface area contributed by atoms with Gasteiger partial charge in [0.15, 0.2) is 0 Å². The average molecular weight is 195 g/mol. The first-order valence-corrected chi connectivity index (χ1v) is 4.79. The Balaban J connectivity index is 2.12. The van der Waals surface area contributed by atoms with E-state index in [0.29, 0.717) is 12.0 Å². The van der Waals surface area contributed by atoms with E-state index in [9.17, 15) is 13.2 Å². The second-order valence-corrected chi connectivity index (χ2v) is 3.83. The highest BCUT2D eigenvalue weighted by atomic mass is 19.4. The van der Waals surface area contributed by atoms with Gasteiger partial charge in [-0.25, -0.2) is 0 Å². The molecule has 0 radical (unpaired) electrons. The molecule has 1 rings (SSSR count). The largest absolute Gasteiger partial charge is 0.390 e. The lowest BCUT2D eigenvalue weighted by Gasteiger charge is -2.17. The van der Waals surface area contributed by atoms with Crippen LogP contribution in [-0.2, 0) is 0 Å². The monoisotopic (exact) mass is 195 g/mol. The smallest absolute Gasteiger partial charge is 0.313 e. The van der Waals surface area contributed by atoms with Crippen molar-refractivity contribution in [2.45, 2.75) is 44.8 Å². The van der Waals surface area contributed by atoms with Gasteiger partial charge in [-0.15, -0.1) is 0 Å². The summed E-state index contributed by atoms with van der Waals surface area (Å²) in [6.07, 6.45) is -1.42. The molecule has 0 bridgehead atoms. The highest BCUT2D eigenvalue weighted by Crippen LogP contribution is 2.25. The van der Waals surface area contributed by atoms with Gasteiger partial charge in [-0.2, -0.15) is 13.2 Å². The summed E-state index contributed by atoms with van der Waals surface area (Å²) in [6, 6.07) is 0.308. The first-order chi connectivity index (χ1) is 5.99. The second-order valence-electron chi connectivity index (χ2n) is 3.83. The van der Waals surface area contributed by atoms with Gasteiger partial charge in [0.25, 0.3) is 0 Å². The summed E-state index contributed by atoms with van der Waals surface area (Å²) in [7, 11) is 0. The molecule has 0 aromatic carbocycles. The quantitative estimate of drug-likeness (QED) is 0.730. The molecule has 1 aliphatic rings. The third-order valence-corrected chi connectivity index (χ3v) is 2.68. The number of hydrogen-bond donors (Lipinski definition) is 1. The van der Waals surface area contributed by atoms with E-state index in [-0.39, 0.29) is 6.54 Å². The third kappa shape index (κ3) is 3.98. The topological polar surface area (TPSA) is 12.0 Å². The van der Waals surface area contributed by atoms with Crippen molar-refractivity contribution in [2.24, 2.45) is 5.92 Å². The fourth-order valence-electron chi connectivity index (χ4n) is 1.85. The van der Waals surface area contributed by atoms with Gasteiger partial charge in [-0.05, 0) is 18.8 Å². The van der Waals surface area contributed by atoms with Gasteiger partial charge in [0.2, 0.25) is 0 Å². The van der Waals surface area contributed by atoms with Gasteiger partial charge in [0.1, 0.15) is 0 Å². The fourth-order valence-corrected chi connectivity index (χ4v) is 1.85. The zero-order valence-corrected chi connectivity index (χ0v) is 7.82. The van der Waals surface area contributed by atoms with Crippen molar-refractivity contribution in [3.05, 3.63) is 0 Å². The fraction of sp³-hybridized carbons (Fsp3) is 1.00. The molecule has 2 atom stereocenters. The van der Waals surface area contributed by atoms with Crippen LogP contribution in [0.3, 0.4) is 0 Å². The number of alkyl halides is 3. The van der Waals surface area contributed by atoms with E-state index in [1.165, 1.54) is 0 Å². The van der Waals surface area contributed by atoms with Crippen LogP contribution in [0.5, 0.6) is 0 Å². The maximum absolute atomic E-state index is 11.8. The highest BCUT2D eigenvalue weighted by molar-refractivity contribution is 4.80. The molecule has 0 saturated heterocycles. The summed E-state index contributed by atoms with van der Waals surface area (Å²) >= 11 is 0. The van der Waals surface area contributed by atoms with Crippen molar-refractivity contribution in [1.29, 1.82) is 0 Å². The van der Waals surface area contributed by atoms with E-state index in [1.54, 1.807) is 0 Å². The summed E-state index contributed by atoms with van der Waals surface area (Å²) in [5.41, 5.74) is 0. The summed E-state index contributed by atoms with van der Waals surface area (Å²) in [5, 5.41) is 2.97. The van der Waals surface area contributed by atoms with E-state index in [2.05, 4.69) is 12.2 Å². The lowest BCUT2D eigenvalue weighted by molar-refractivity contribution is -0.133. The lowest BCUT2D eigenvalue weighted by atomic mass is 10.1. The minimum absolute atomic E-state index is 0.0680. The van der Waals surface area contributed by atoms with E-state index in [4.69, 9.17) is 0 Å². The number of rotatable bonds is 3. The van der Waals surface area contributed by atoms with Crippen LogP contribution in [0.25, 0.3) is 0 Å². The first-order valence-electron chi connectivity index (χ1n) is 4.79. The van der Waals surface area contributed by atoms with Crippen molar-refractivity contribution in [1.82, 2.24) is 5.32 Å². The minimum atomic E-state index is -4.02. The average Bonchev–Trinajstić information content (AvgIpc) is 2.34. The molecule has 4 heteroatoms. The molecular formula is C9H16F3N. The van der Waals surface area contributed by atoms with Gasteiger partial charge in [-0.3, -0.25) is 0 Å². The molecule has 1 saturated carbocycles. The van der Waals surface area contributed by atoms with Crippen molar-refractivity contribution < 1.29 is 13.2 Å². The first kappa shape index (κ1) is 10.8. The van der Waals surface area contributed by atoms with Crippen LogP contribution < -0.4 is 5.32 Å². The molecule has 2 unspecified atom stereocenters. The second kappa shape index (κ2) is 4.31. The lowest BCUT2D eigenvalue weighted by Crippen LogP contribution is -2.33.